The Morgan fingerprint density at radius 2 is 1.52 bits per heavy atom. The first-order valence-corrected chi connectivity index (χ1v) is 12.7. The van der Waals surface area contributed by atoms with Gasteiger partial charge < -0.3 is 9.64 Å². The molecule has 0 amide bonds. The van der Waals surface area contributed by atoms with Crippen LogP contribution in [-0.2, 0) is 4.74 Å². The Labute approximate surface area is 205 Å². The quantitative estimate of drug-likeness (QED) is 0.322. The zero-order chi connectivity index (χ0) is 24.3. The molecule has 178 valence electrons. The Hall–Kier alpha value is -2.20. The average molecular weight is 466 g/mol. The van der Waals surface area contributed by atoms with Crippen molar-refractivity contribution in [3.05, 3.63) is 69.8 Å². The molecule has 4 heteroatoms. The van der Waals surface area contributed by atoms with Crippen molar-refractivity contribution in [2.75, 3.05) is 13.7 Å². The highest BCUT2D eigenvalue weighted by atomic mass is 32.1. The standard InChI is InChI=1S/C29H39NO2S/c1-18(2)23-16-24(19(3)4)27(25(17-23)20(5)6)28(33)30-15-9-8-10-26(30)21-11-13-22(14-12-21)29(31)32-7/h11-14,16-20,26H,8-10,15H2,1-7H3/t26-/m1/s1. The van der Waals surface area contributed by atoms with Gasteiger partial charge in [0, 0.05) is 12.1 Å². The number of ether oxygens (including phenoxy) is 1. The molecule has 1 aliphatic heterocycles. The molecule has 0 spiro atoms. The van der Waals surface area contributed by atoms with Gasteiger partial charge in [-0.05, 0) is 71.4 Å². The highest BCUT2D eigenvalue weighted by molar-refractivity contribution is 7.80. The van der Waals surface area contributed by atoms with E-state index >= 15 is 0 Å². The molecule has 0 aliphatic carbocycles. The molecule has 2 aromatic rings. The van der Waals surface area contributed by atoms with Gasteiger partial charge in [-0.25, -0.2) is 4.79 Å². The number of esters is 1. The molecule has 1 fully saturated rings. The third-order valence-corrected chi connectivity index (χ3v) is 7.27. The molecular weight excluding hydrogens is 426 g/mol. The lowest BCUT2D eigenvalue weighted by Crippen LogP contribution is -2.39. The Morgan fingerprint density at radius 3 is 2.00 bits per heavy atom. The van der Waals surface area contributed by atoms with Crippen LogP contribution in [0.15, 0.2) is 36.4 Å². The normalized spacial score (nSPS) is 16.5. The molecule has 0 aromatic heterocycles. The number of piperidine rings is 1. The Bertz CT molecular complexity index is 962. The van der Waals surface area contributed by atoms with E-state index in [9.17, 15) is 4.79 Å². The zero-order valence-electron chi connectivity index (χ0n) is 21.3. The Kier molecular flexibility index (Phi) is 8.33. The van der Waals surface area contributed by atoms with Crippen LogP contribution in [0.1, 0.15) is 123 Å². The van der Waals surface area contributed by atoms with E-state index in [0.717, 1.165) is 24.4 Å². The molecule has 1 saturated heterocycles. The number of rotatable bonds is 6. The predicted molar refractivity (Wildman–Crippen MR) is 141 cm³/mol. The van der Waals surface area contributed by atoms with Gasteiger partial charge in [-0.2, -0.15) is 0 Å². The van der Waals surface area contributed by atoms with Crippen LogP contribution < -0.4 is 0 Å². The molecule has 0 radical (unpaired) electrons. The maximum atomic E-state index is 11.9. The number of methoxy groups -OCH3 is 1. The summed E-state index contributed by atoms with van der Waals surface area (Å²) in [4.78, 5) is 15.3. The van der Waals surface area contributed by atoms with Gasteiger partial charge in [-0.1, -0.05) is 78.0 Å². The van der Waals surface area contributed by atoms with Crippen molar-refractivity contribution < 1.29 is 9.53 Å². The second-order valence-corrected chi connectivity index (χ2v) is 10.5. The molecule has 1 aliphatic rings. The largest absolute Gasteiger partial charge is 0.465 e. The number of hydrogen-bond donors (Lipinski definition) is 0. The minimum Gasteiger partial charge on any atom is -0.465 e. The summed E-state index contributed by atoms with van der Waals surface area (Å²) in [6.07, 6.45) is 3.40. The molecule has 1 atom stereocenters. The molecule has 2 aromatic carbocycles. The lowest BCUT2D eigenvalue weighted by Gasteiger charge is -2.39. The second kappa shape index (κ2) is 10.8. The van der Waals surface area contributed by atoms with Crippen LogP contribution in [0.4, 0.5) is 0 Å². The number of thiocarbonyl (C=S) groups is 1. The third-order valence-electron chi connectivity index (χ3n) is 6.83. The molecule has 3 rings (SSSR count). The summed E-state index contributed by atoms with van der Waals surface area (Å²) in [6.45, 7) is 14.6. The third kappa shape index (κ3) is 5.48. The fraction of sp³-hybridized carbons (Fsp3) is 0.517. The predicted octanol–water partition coefficient (Wildman–Crippen LogP) is 7.75. The molecule has 0 saturated carbocycles. The number of likely N-dealkylation sites (tertiary alicyclic amines) is 1. The summed E-state index contributed by atoms with van der Waals surface area (Å²) in [5, 5.41) is 0. The van der Waals surface area contributed by atoms with Crippen LogP contribution in [0, 0.1) is 0 Å². The first-order valence-electron chi connectivity index (χ1n) is 12.3. The fourth-order valence-electron chi connectivity index (χ4n) is 4.83. The molecule has 3 nitrogen and oxygen atoms in total. The Balaban J connectivity index is 2.06. The monoisotopic (exact) mass is 465 g/mol. The first-order chi connectivity index (χ1) is 15.6. The highest BCUT2D eigenvalue weighted by Gasteiger charge is 2.30. The SMILES string of the molecule is COC(=O)c1ccc([C@H]2CCCCN2C(=S)c2c(C(C)C)cc(C(C)C)cc2C(C)C)cc1. The summed E-state index contributed by atoms with van der Waals surface area (Å²) in [5.41, 5.74) is 7.17. The number of hydrogen-bond acceptors (Lipinski definition) is 3. The summed E-state index contributed by atoms with van der Waals surface area (Å²) in [7, 11) is 1.42. The van der Waals surface area contributed by atoms with Gasteiger partial charge in [0.15, 0.2) is 0 Å². The maximum absolute atomic E-state index is 11.9. The molecule has 1 heterocycles. The molecular formula is C29H39NO2S. The highest BCUT2D eigenvalue weighted by Crippen LogP contribution is 2.38. The van der Waals surface area contributed by atoms with Gasteiger partial charge in [-0.3, -0.25) is 0 Å². The van der Waals surface area contributed by atoms with E-state index in [2.05, 4.69) is 70.7 Å². The van der Waals surface area contributed by atoms with Crippen molar-refractivity contribution >= 4 is 23.2 Å². The van der Waals surface area contributed by atoms with E-state index in [4.69, 9.17) is 17.0 Å². The van der Waals surface area contributed by atoms with Crippen molar-refractivity contribution in [1.29, 1.82) is 0 Å². The molecule has 0 unspecified atom stereocenters. The first kappa shape index (κ1) is 25.4. The molecule has 0 bridgehead atoms. The van der Waals surface area contributed by atoms with Crippen LogP contribution in [0.5, 0.6) is 0 Å². The minimum absolute atomic E-state index is 0.225. The van der Waals surface area contributed by atoms with Crippen LogP contribution in [0.3, 0.4) is 0 Å². The van der Waals surface area contributed by atoms with Gasteiger partial charge in [0.05, 0.1) is 18.7 Å². The summed E-state index contributed by atoms with van der Waals surface area (Å²) in [5.74, 6) is 0.984. The van der Waals surface area contributed by atoms with Crippen molar-refractivity contribution in [3.8, 4) is 0 Å². The van der Waals surface area contributed by atoms with E-state index in [1.165, 1.54) is 41.3 Å². The van der Waals surface area contributed by atoms with Crippen LogP contribution in [0.25, 0.3) is 0 Å². The zero-order valence-corrected chi connectivity index (χ0v) is 22.1. The number of nitrogens with zero attached hydrogens (tertiary/aromatic N) is 1. The van der Waals surface area contributed by atoms with Gasteiger partial charge >= 0.3 is 5.97 Å². The average Bonchev–Trinajstić information content (AvgIpc) is 2.82. The molecule has 33 heavy (non-hydrogen) atoms. The number of benzene rings is 2. The lowest BCUT2D eigenvalue weighted by atomic mass is 9.83. The van der Waals surface area contributed by atoms with Gasteiger partial charge in [0.1, 0.15) is 4.99 Å². The van der Waals surface area contributed by atoms with E-state index in [1.54, 1.807) is 0 Å². The van der Waals surface area contributed by atoms with Gasteiger partial charge in [0.2, 0.25) is 0 Å². The fourth-order valence-corrected chi connectivity index (χ4v) is 5.28. The lowest BCUT2D eigenvalue weighted by molar-refractivity contribution is 0.0600. The van der Waals surface area contributed by atoms with E-state index < -0.39 is 0 Å². The van der Waals surface area contributed by atoms with Gasteiger partial charge in [-0.15, -0.1) is 0 Å². The number of carbonyl (C=O) groups excluding carboxylic acids is 1. The van der Waals surface area contributed by atoms with Crippen molar-refractivity contribution in [2.45, 2.75) is 84.6 Å². The summed E-state index contributed by atoms with van der Waals surface area (Å²) >= 11 is 6.28. The second-order valence-electron chi connectivity index (χ2n) is 10.2. The topological polar surface area (TPSA) is 29.5 Å². The number of carbonyl (C=O) groups is 1. The molecule has 0 N–H and O–H groups in total. The van der Waals surface area contributed by atoms with E-state index in [1.807, 2.05) is 12.1 Å². The smallest absolute Gasteiger partial charge is 0.337 e. The van der Waals surface area contributed by atoms with Crippen molar-refractivity contribution in [2.24, 2.45) is 0 Å². The minimum atomic E-state index is -0.300. The summed E-state index contributed by atoms with van der Waals surface area (Å²) in [6, 6.07) is 12.8. The van der Waals surface area contributed by atoms with E-state index in [0.29, 0.717) is 23.3 Å². The summed E-state index contributed by atoms with van der Waals surface area (Å²) < 4.78 is 4.87. The van der Waals surface area contributed by atoms with Crippen LogP contribution >= 0.6 is 12.2 Å². The maximum Gasteiger partial charge on any atom is 0.337 e. The van der Waals surface area contributed by atoms with Crippen LogP contribution in [-0.4, -0.2) is 29.5 Å². The van der Waals surface area contributed by atoms with Crippen LogP contribution in [0.2, 0.25) is 0 Å². The van der Waals surface area contributed by atoms with E-state index in [-0.39, 0.29) is 12.0 Å². The van der Waals surface area contributed by atoms with Crippen molar-refractivity contribution in [3.63, 3.8) is 0 Å². The Morgan fingerprint density at radius 1 is 0.939 bits per heavy atom. The van der Waals surface area contributed by atoms with Gasteiger partial charge in [0.25, 0.3) is 0 Å². The van der Waals surface area contributed by atoms with Crippen molar-refractivity contribution in [1.82, 2.24) is 4.90 Å².